The maximum Gasteiger partial charge on any atom is 0.0858 e. The van der Waals surface area contributed by atoms with Crippen LogP contribution >= 0.6 is 0 Å². The van der Waals surface area contributed by atoms with E-state index in [0.717, 1.165) is 0 Å². The van der Waals surface area contributed by atoms with Gasteiger partial charge < -0.3 is 5.73 Å². The third-order valence-electron chi connectivity index (χ3n) is 1.37. The summed E-state index contributed by atoms with van der Waals surface area (Å²) in [5.41, 5.74) is 4.20. The van der Waals surface area contributed by atoms with E-state index in [1.54, 1.807) is 0 Å². The molecule has 2 aromatic carbocycles. The van der Waals surface area contributed by atoms with Crippen LogP contribution in [0, 0.1) is 0 Å². The van der Waals surface area contributed by atoms with Crippen molar-refractivity contribution in [3.63, 3.8) is 0 Å². The first-order valence-electron chi connectivity index (χ1n) is 8.44. The Hall–Kier alpha value is -2.16. The molecule has 0 aliphatic carbocycles. The first kappa shape index (κ1) is 3.45. The average Bonchev–Trinajstić information content (AvgIpc) is 2.57. The van der Waals surface area contributed by atoms with Gasteiger partial charge in [0.25, 0.3) is 0 Å². The molecule has 0 saturated heterocycles. The van der Waals surface area contributed by atoms with Crippen molar-refractivity contribution in [2.75, 3.05) is 5.73 Å². The smallest absolute Gasteiger partial charge is 0.0858 e. The monoisotopic (exact) mass is 206 g/mol. The molecule has 0 aromatic heterocycles. The van der Waals surface area contributed by atoms with E-state index in [2.05, 4.69) is 10.2 Å². The Morgan fingerprint density at radius 3 is 1.93 bits per heavy atom. The fourth-order valence-electron chi connectivity index (χ4n) is 0.759. The highest BCUT2D eigenvalue weighted by atomic mass is 15.1. The van der Waals surface area contributed by atoms with Gasteiger partial charge in [-0.2, -0.15) is 10.2 Å². The molecule has 0 spiro atoms. The standard InChI is InChI=1S/C12H11N3/c13-10-6-8-12(9-7-10)15-14-11-4-2-1-3-5-11/h1-9H,13H2/i1D,2D,3D,4D,5D,6D,7D,8D,9D. The van der Waals surface area contributed by atoms with E-state index in [4.69, 9.17) is 18.1 Å². The van der Waals surface area contributed by atoms with E-state index in [-0.39, 0.29) is 5.69 Å². The molecular formula is C12H11N3. The second-order valence-electron chi connectivity index (χ2n) is 2.44. The molecule has 3 nitrogen and oxygen atoms in total. The Labute approximate surface area is 101 Å². The highest BCUT2D eigenvalue weighted by Gasteiger charge is 1.89. The van der Waals surface area contributed by atoms with Gasteiger partial charge in [-0.1, -0.05) is 18.1 Å². The minimum atomic E-state index is -0.596. The van der Waals surface area contributed by atoms with Crippen molar-refractivity contribution in [3.8, 4) is 0 Å². The Morgan fingerprint density at radius 2 is 1.33 bits per heavy atom. The van der Waals surface area contributed by atoms with Gasteiger partial charge in [-0.05, 0) is 36.3 Å². The van der Waals surface area contributed by atoms with Crippen LogP contribution in [0.15, 0.2) is 64.6 Å². The Balaban J connectivity index is 2.67. The van der Waals surface area contributed by atoms with Gasteiger partial charge in [0.15, 0.2) is 0 Å². The lowest BCUT2D eigenvalue weighted by molar-refractivity contribution is 1.23. The van der Waals surface area contributed by atoms with Gasteiger partial charge in [-0.15, -0.1) is 0 Å². The maximum absolute atomic E-state index is 7.74. The van der Waals surface area contributed by atoms with E-state index in [1.165, 1.54) is 0 Å². The third-order valence-corrected chi connectivity index (χ3v) is 1.37. The summed E-state index contributed by atoms with van der Waals surface area (Å²) in [7, 11) is 0. The molecule has 2 aromatic rings. The van der Waals surface area contributed by atoms with Gasteiger partial charge in [-0.25, -0.2) is 0 Å². The van der Waals surface area contributed by atoms with Crippen LogP contribution in [0.25, 0.3) is 0 Å². The molecule has 0 heterocycles. The van der Waals surface area contributed by atoms with Crippen molar-refractivity contribution in [2.24, 2.45) is 10.2 Å². The van der Waals surface area contributed by atoms with Crippen LogP contribution in [-0.4, -0.2) is 0 Å². The summed E-state index contributed by atoms with van der Waals surface area (Å²) >= 11 is 0. The van der Waals surface area contributed by atoms with Gasteiger partial charge in [-0.3, -0.25) is 0 Å². The normalized spacial score (nSPS) is 19.1. The van der Waals surface area contributed by atoms with Crippen LogP contribution in [0.3, 0.4) is 0 Å². The fourth-order valence-corrected chi connectivity index (χ4v) is 0.759. The number of nitrogens with two attached hydrogens (primary N) is 1. The summed E-state index contributed by atoms with van der Waals surface area (Å²) in [6.07, 6.45) is 0. The number of anilines is 1. The molecule has 0 atom stereocenters. The SMILES string of the molecule is [2H]c1c([2H])c([2H])c(N=Nc2c([2H])c([2H])c(N)c([2H])c2[2H])c([2H])c1[2H]. The highest BCUT2D eigenvalue weighted by Crippen LogP contribution is 2.18. The number of rotatable bonds is 2. The fraction of sp³-hybridized carbons (Fsp3) is 0. The first-order chi connectivity index (χ1) is 11.1. The largest absolute Gasteiger partial charge is 0.399 e. The maximum atomic E-state index is 7.74. The van der Waals surface area contributed by atoms with Gasteiger partial charge in [0.1, 0.15) is 0 Å². The highest BCUT2D eigenvalue weighted by molar-refractivity contribution is 5.47. The van der Waals surface area contributed by atoms with Crippen LogP contribution in [0.1, 0.15) is 12.3 Å². The molecule has 74 valence electrons. The second-order valence-corrected chi connectivity index (χ2v) is 2.44. The number of nitrogens with zero attached hydrogens (tertiary/aromatic N) is 2. The number of benzene rings is 2. The Morgan fingerprint density at radius 1 is 0.800 bits per heavy atom. The third kappa shape index (κ3) is 2.64. The molecule has 0 unspecified atom stereocenters. The minimum Gasteiger partial charge on any atom is -0.399 e. The molecule has 0 radical (unpaired) electrons. The number of hydrogen-bond acceptors (Lipinski definition) is 3. The van der Waals surface area contributed by atoms with Crippen molar-refractivity contribution < 1.29 is 12.3 Å². The lowest BCUT2D eigenvalue weighted by Crippen LogP contribution is -1.80. The summed E-state index contributed by atoms with van der Waals surface area (Å²) in [5.74, 6) is 0. The van der Waals surface area contributed by atoms with E-state index < -0.39 is 65.8 Å². The molecule has 0 bridgehead atoms. The lowest BCUT2D eigenvalue weighted by atomic mass is 10.3. The van der Waals surface area contributed by atoms with E-state index in [1.807, 2.05) is 0 Å². The van der Waals surface area contributed by atoms with Crippen LogP contribution < -0.4 is 5.73 Å². The quantitative estimate of drug-likeness (QED) is 0.591. The minimum absolute atomic E-state index is 0.341. The zero-order valence-electron chi connectivity index (χ0n) is 16.5. The van der Waals surface area contributed by atoms with Crippen LogP contribution in [0.2, 0.25) is 0 Å². The molecule has 3 heteroatoms. The zero-order valence-corrected chi connectivity index (χ0v) is 7.47. The summed E-state index contributed by atoms with van der Waals surface area (Å²) in [4.78, 5) is 0. The molecule has 0 amide bonds. The molecular weight excluding hydrogens is 186 g/mol. The van der Waals surface area contributed by atoms with Crippen molar-refractivity contribution in [1.82, 2.24) is 0 Å². The Kier molecular flexibility index (Phi) is 1.01. The molecule has 0 aliphatic rings. The number of azo groups is 1. The van der Waals surface area contributed by atoms with Gasteiger partial charge >= 0.3 is 0 Å². The molecule has 0 saturated carbocycles. The number of hydrogen-bond donors (Lipinski definition) is 1. The average molecular weight is 206 g/mol. The van der Waals surface area contributed by atoms with E-state index >= 15 is 0 Å². The molecule has 2 rings (SSSR count). The van der Waals surface area contributed by atoms with Crippen LogP contribution in [-0.2, 0) is 0 Å². The Bertz CT molecular complexity index is 750. The molecule has 2 N–H and O–H groups in total. The molecule has 15 heavy (non-hydrogen) atoms. The zero-order chi connectivity index (χ0) is 18.3. The van der Waals surface area contributed by atoms with Crippen molar-refractivity contribution in [2.45, 2.75) is 0 Å². The predicted octanol–water partition coefficient (Wildman–Crippen LogP) is 3.68. The van der Waals surface area contributed by atoms with E-state index in [9.17, 15) is 0 Å². The van der Waals surface area contributed by atoms with E-state index in [0.29, 0.717) is 0 Å². The van der Waals surface area contributed by atoms with Crippen molar-refractivity contribution in [1.29, 1.82) is 0 Å². The van der Waals surface area contributed by atoms with Gasteiger partial charge in [0.2, 0.25) is 0 Å². The second kappa shape index (κ2) is 4.37. The summed E-state index contributed by atoms with van der Waals surface area (Å²) in [5, 5.41) is 7.11. The first-order valence-corrected chi connectivity index (χ1v) is 3.94. The summed E-state index contributed by atoms with van der Waals surface area (Å²) in [6, 6.07) is -5.01. The summed E-state index contributed by atoms with van der Waals surface area (Å²) < 4.78 is 68.7. The van der Waals surface area contributed by atoms with Gasteiger partial charge in [0, 0.05) is 5.69 Å². The molecule has 0 fully saturated rings. The summed E-state index contributed by atoms with van der Waals surface area (Å²) in [6.45, 7) is 0. The topological polar surface area (TPSA) is 50.7 Å². The van der Waals surface area contributed by atoms with Gasteiger partial charge in [0.05, 0.1) is 23.7 Å². The number of nitrogen functional groups attached to an aromatic ring is 1. The lowest BCUT2D eigenvalue weighted by Gasteiger charge is -1.93. The molecule has 0 aliphatic heterocycles. The van der Waals surface area contributed by atoms with Crippen LogP contribution in [0.5, 0.6) is 0 Å². The van der Waals surface area contributed by atoms with Crippen LogP contribution in [0.4, 0.5) is 17.1 Å². The predicted molar refractivity (Wildman–Crippen MR) is 61.5 cm³/mol. The van der Waals surface area contributed by atoms with Crippen molar-refractivity contribution >= 4 is 17.1 Å². The van der Waals surface area contributed by atoms with Crippen molar-refractivity contribution in [3.05, 3.63) is 54.4 Å².